The van der Waals surface area contributed by atoms with Crippen molar-refractivity contribution >= 4 is 33.8 Å². The molecule has 41 heavy (non-hydrogen) atoms. The van der Waals surface area contributed by atoms with Crippen molar-refractivity contribution in [2.24, 2.45) is 0 Å². The molecule has 3 N–H and O–H groups in total. The molecule has 0 aliphatic rings. The average Bonchev–Trinajstić information content (AvgIpc) is 3.33. The molecule has 1 atom stereocenters. The van der Waals surface area contributed by atoms with E-state index in [9.17, 15) is 9.59 Å². The second-order valence-corrected chi connectivity index (χ2v) is 10.9. The zero-order chi connectivity index (χ0) is 29.1. The van der Waals surface area contributed by atoms with Gasteiger partial charge in [0.15, 0.2) is 0 Å². The fourth-order valence-corrected chi connectivity index (χ4v) is 4.70. The van der Waals surface area contributed by atoms with Crippen molar-refractivity contribution in [3.63, 3.8) is 0 Å². The van der Waals surface area contributed by atoms with E-state index in [-0.39, 0.29) is 12.5 Å². The Kier molecular flexibility index (Phi) is 7.61. The van der Waals surface area contributed by atoms with Crippen molar-refractivity contribution in [1.29, 1.82) is 0 Å². The van der Waals surface area contributed by atoms with Crippen LogP contribution in [0.3, 0.4) is 0 Å². The number of carbonyl (C=O) groups excluding carboxylic acids is 2. The Morgan fingerprint density at radius 1 is 1.00 bits per heavy atom. The SMILES string of the molecule is COc1cccc(C(CNC(=O)OC(C)(C)C)NC(=O)c2cc(-c3ccc4n[nH]c(C)c4c3)cc3cccnc23)c1. The maximum Gasteiger partial charge on any atom is 0.407 e. The summed E-state index contributed by atoms with van der Waals surface area (Å²) in [5.74, 6) is 0.313. The number of nitrogens with one attached hydrogen (secondary N) is 3. The normalized spacial score (nSPS) is 12.2. The standard InChI is InChI=1S/C32H33N5O4/c1-19-25-16-20(11-12-27(25)37-36-19)23-14-22-9-7-13-33-29(22)26(17-23)30(38)35-28(18-34-31(39)41-32(2,3)4)21-8-6-10-24(15-21)40-5/h6-17,28H,18H2,1-5H3,(H,34,39)(H,35,38)(H,36,37). The summed E-state index contributed by atoms with van der Waals surface area (Å²) in [6, 6.07) is 20.5. The van der Waals surface area contributed by atoms with Crippen molar-refractivity contribution in [2.45, 2.75) is 39.3 Å². The van der Waals surface area contributed by atoms with E-state index in [1.165, 1.54) is 0 Å². The second kappa shape index (κ2) is 11.3. The first-order valence-electron chi connectivity index (χ1n) is 13.4. The highest BCUT2D eigenvalue weighted by Crippen LogP contribution is 2.30. The van der Waals surface area contributed by atoms with E-state index in [1.54, 1.807) is 34.1 Å². The first kappa shape index (κ1) is 27.6. The lowest BCUT2D eigenvalue weighted by Gasteiger charge is -2.23. The first-order valence-corrected chi connectivity index (χ1v) is 13.4. The van der Waals surface area contributed by atoms with Crippen molar-refractivity contribution < 1.29 is 19.1 Å². The summed E-state index contributed by atoms with van der Waals surface area (Å²) in [4.78, 5) is 30.9. The molecule has 0 saturated carbocycles. The minimum Gasteiger partial charge on any atom is -0.497 e. The number of nitrogens with zero attached hydrogens (tertiary/aromatic N) is 2. The van der Waals surface area contributed by atoms with Gasteiger partial charge < -0.3 is 20.1 Å². The maximum atomic E-state index is 13.9. The number of amides is 2. The summed E-state index contributed by atoms with van der Waals surface area (Å²) >= 11 is 0. The Hall–Kier alpha value is -4.92. The van der Waals surface area contributed by atoms with E-state index in [2.05, 4.69) is 31.9 Å². The fourth-order valence-electron chi connectivity index (χ4n) is 4.70. The van der Waals surface area contributed by atoms with Gasteiger partial charge in [-0.1, -0.05) is 24.3 Å². The number of aryl methyl sites for hydroxylation is 1. The highest BCUT2D eigenvalue weighted by molar-refractivity contribution is 6.07. The number of H-pyrrole nitrogens is 1. The number of hydrogen-bond donors (Lipinski definition) is 3. The zero-order valence-electron chi connectivity index (χ0n) is 23.7. The van der Waals surface area contributed by atoms with Gasteiger partial charge in [-0.25, -0.2) is 4.79 Å². The molecule has 5 aromatic rings. The van der Waals surface area contributed by atoms with Crippen LogP contribution in [0, 0.1) is 6.92 Å². The first-order chi connectivity index (χ1) is 19.6. The third-order valence-electron chi connectivity index (χ3n) is 6.68. The summed E-state index contributed by atoms with van der Waals surface area (Å²) in [5.41, 5.74) is 4.81. The summed E-state index contributed by atoms with van der Waals surface area (Å²) in [6.07, 6.45) is 1.10. The Morgan fingerprint density at radius 2 is 1.83 bits per heavy atom. The number of fused-ring (bicyclic) bond motifs is 2. The van der Waals surface area contributed by atoms with Crippen molar-refractivity contribution in [3.05, 3.63) is 89.7 Å². The van der Waals surface area contributed by atoms with E-state index < -0.39 is 17.7 Å². The quantitative estimate of drug-likeness (QED) is 0.225. The highest BCUT2D eigenvalue weighted by atomic mass is 16.6. The maximum absolute atomic E-state index is 13.9. The number of alkyl carbamates (subject to hydrolysis) is 1. The van der Waals surface area contributed by atoms with Crippen LogP contribution in [0.4, 0.5) is 4.79 Å². The van der Waals surface area contributed by atoms with Gasteiger partial charge in [0.2, 0.25) is 0 Å². The molecule has 0 aliphatic carbocycles. The molecule has 0 spiro atoms. The molecule has 9 heteroatoms. The summed E-state index contributed by atoms with van der Waals surface area (Å²) in [7, 11) is 1.58. The van der Waals surface area contributed by atoms with Gasteiger partial charge in [-0.05, 0) is 86.8 Å². The molecule has 1 unspecified atom stereocenters. The van der Waals surface area contributed by atoms with Crippen LogP contribution >= 0.6 is 0 Å². The number of benzene rings is 3. The van der Waals surface area contributed by atoms with Crippen LogP contribution in [0.25, 0.3) is 32.9 Å². The predicted octanol–water partition coefficient (Wildman–Crippen LogP) is 6.09. The second-order valence-electron chi connectivity index (χ2n) is 10.9. The number of aromatic amines is 1. The van der Waals surface area contributed by atoms with Crippen molar-refractivity contribution in [3.8, 4) is 16.9 Å². The summed E-state index contributed by atoms with van der Waals surface area (Å²) in [6.45, 7) is 7.47. The molecular weight excluding hydrogens is 518 g/mol. The Morgan fingerprint density at radius 3 is 2.61 bits per heavy atom. The highest BCUT2D eigenvalue weighted by Gasteiger charge is 2.22. The molecule has 9 nitrogen and oxygen atoms in total. The van der Waals surface area contributed by atoms with Crippen LogP contribution in [0.1, 0.15) is 48.4 Å². The largest absolute Gasteiger partial charge is 0.497 e. The molecule has 2 amide bonds. The average molecular weight is 552 g/mol. The molecule has 5 rings (SSSR count). The van der Waals surface area contributed by atoms with E-state index in [0.717, 1.165) is 38.7 Å². The fraction of sp³-hybridized carbons (Fsp3) is 0.250. The number of methoxy groups -OCH3 is 1. The predicted molar refractivity (Wildman–Crippen MR) is 159 cm³/mol. The minimum absolute atomic E-state index is 0.106. The molecule has 3 aromatic carbocycles. The van der Waals surface area contributed by atoms with E-state index in [0.29, 0.717) is 16.8 Å². The van der Waals surface area contributed by atoms with E-state index >= 15 is 0 Å². The Labute approximate surface area is 238 Å². The number of rotatable bonds is 7. The Bertz CT molecular complexity index is 1740. The Balaban J connectivity index is 1.50. The van der Waals surface area contributed by atoms with Gasteiger partial charge in [0, 0.05) is 29.2 Å². The molecule has 0 bridgehead atoms. The molecule has 2 aromatic heterocycles. The van der Waals surface area contributed by atoms with Gasteiger partial charge >= 0.3 is 6.09 Å². The monoisotopic (exact) mass is 551 g/mol. The van der Waals surface area contributed by atoms with Crippen LogP contribution in [-0.4, -0.2) is 46.4 Å². The number of ether oxygens (including phenoxy) is 2. The number of carbonyl (C=O) groups is 2. The molecular formula is C32H33N5O4. The zero-order valence-corrected chi connectivity index (χ0v) is 23.7. The third kappa shape index (κ3) is 6.30. The van der Waals surface area contributed by atoms with Crippen molar-refractivity contribution in [2.75, 3.05) is 13.7 Å². The summed E-state index contributed by atoms with van der Waals surface area (Å²) in [5, 5.41) is 15.1. The smallest absolute Gasteiger partial charge is 0.407 e. The van der Waals surface area contributed by atoms with E-state index in [4.69, 9.17) is 9.47 Å². The number of pyridine rings is 1. The van der Waals surface area contributed by atoms with Crippen LogP contribution in [0.5, 0.6) is 5.75 Å². The minimum atomic E-state index is -0.651. The number of aromatic nitrogens is 3. The van der Waals surface area contributed by atoms with Crippen LogP contribution in [0.15, 0.2) is 72.9 Å². The molecule has 2 heterocycles. The molecule has 0 fully saturated rings. The van der Waals surface area contributed by atoms with Crippen LogP contribution in [-0.2, 0) is 4.74 Å². The lowest BCUT2D eigenvalue weighted by atomic mass is 9.97. The van der Waals surface area contributed by atoms with Gasteiger partial charge in [0.1, 0.15) is 11.4 Å². The third-order valence-corrected chi connectivity index (χ3v) is 6.68. The molecule has 0 aliphatic heterocycles. The van der Waals surface area contributed by atoms with Crippen molar-refractivity contribution in [1.82, 2.24) is 25.8 Å². The van der Waals surface area contributed by atoms with Crippen LogP contribution in [0.2, 0.25) is 0 Å². The lowest BCUT2D eigenvalue weighted by molar-refractivity contribution is 0.0520. The van der Waals surface area contributed by atoms with E-state index in [1.807, 2.05) is 67.6 Å². The van der Waals surface area contributed by atoms with Crippen LogP contribution < -0.4 is 15.4 Å². The molecule has 210 valence electrons. The van der Waals surface area contributed by atoms with Gasteiger partial charge in [0.25, 0.3) is 5.91 Å². The van der Waals surface area contributed by atoms with Gasteiger partial charge in [-0.3, -0.25) is 14.9 Å². The summed E-state index contributed by atoms with van der Waals surface area (Å²) < 4.78 is 10.8. The topological polar surface area (TPSA) is 118 Å². The van der Waals surface area contributed by atoms with Gasteiger partial charge in [0.05, 0.1) is 29.7 Å². The lowest BCUT2D eigenvalue weighted by Crippen LogP contribution is -2.40. The van der Waals surface area contributed by atoms with Gasteiger partial charge in [-0.2, -0.15) is 5.10 Å². The van der Waals surface area contributed by atoms with Gasteiger partial charge in [-0.15, -0.1) is 0 Å². The number of hydrogen-bond acceptors (Lipinski definition) is 6. The molecule has 0 saturated heterocycles. The molecule has 0 radical (unpaired) electrons.